The van der Waals surface area contributed by atoms with Crippen LogP contribution in [0.1, 0.15) is 0 Å². The van der Waals surface area contributed by atoms with Crippen LogP contribution in [0.25, 0.3) is 93.7 Å². The topological polar surface area (TPSA) is 27.7 Å². The van der Waals surface area contributed by atoms with Gasteiger partial charge in [-0.25, -0.2) is 0 Å². The molecule has 0 spiro atoms. The lowest BCUT2D eigenvalue weighted by atomic mass is 10.1. The summed E-state index contributed by atoms with van der Waals surface area (Å²) in [5, 5.41) is 7.46. The number of nitrogens with zero attached hydrogens (tertiary/aromatic N) is 4. The number of hydrogen-bond acceptors (Lipinski definition) is 1. The zero-order chi connectivity index (χ0) is 33.5. The molecule has 0 aliphatic carbocycles. The lowest BCUT2D eigenvalue weighted by Crippen LogP contribution is -1.96. The van der Waals surface area contributed by atoms with Gasteiger partial charge >= 0.3 is 0 Å². The Morgan fingerprint density at radius 3 is 1.10 bits per heavy atom. The molecule has 0 bridgehead atoms. The Morgan fingerprint density at radius 1 is 0.294 bits per heavy atom. The van der Waals surface area contributed by atoms with Crippen molar-refractivity contribution >= 4 is 65.4 Å². The predicted octanol–water partition coefficient (Wildman–Crippen LogP) is 12.0. The maximum Gasteiger partial charge on any atom is 0.0701 e. The SMILES string of the molecule is c1ccc(-c2ccc(-n3c4ccc(-n5c6ccccc6c6ccccc65)cc4c4cc(-n5c6ccccc6c6ccccc65)ccc43)cc2)nc1. The maximum atomic E-state index is 4.58. The summed E-state index contributed by atoms with van der Waals surface area (Å²) in [6.45, 7) is 0. The number of pyridine rings is 1. The van der Waals surface area contributed by atoms with Crippen molar-refractivity contribution in [2.75, 3.05) is 0 Å². The summed E-state index contributed by atoms with van der Waals surface area (Å²) < 4.78 is 7.22. The van der Waals surface area contributed by atoms with Crippen molar-refractivity contribution < 1.29 is 0 Å². The van der Waals surface area contributed by atoms with E-state index in [9.17, 15) is 0 Å². The lowest BCUT2D eigenvalue weighted by molar-refractivity contribution is 1.16. The first kappa shape index (κ1) is 28.0. The lowest BCUT2D eigenvalue weighted by Gasteiger charge is -2.11. The van der Waals surface area contributed by atoms with Crippen LogP contribution in [-0.2, 0) is 0 Å². The predicted molar refractivity (Wildman–Crippen MR) is 213 cm³/mol. The number of fused-ring (bicyclic) bond motifs is 9. The van der Waals surface area contributed by atoms with E-state index in [0.717, 1.165) is 28.3 Å². The second kappa shape index (κ2) is 10.8. The van der Waals surface area contributed by atoms with Crippen molar-refractivity contribution in [1.82, 2.24) is 18.7 Å². The summed E-state index contributed by atoms with van der Waals surface area (Å²) in [4.78, 5) is 4.58. The Bertz CT molecular complexity index is 2850. The average molecular weight is 651 g/mol. The van der Waals surface area contributed by atoms with Gasteiger partial charge in [-0.15, -0.1) is 0 Å². The third-order valence-electron chi connectivity index (χ3n) is 10.5. The van der Waals surface area contributed by atoms with Gasteiger partial charge in [0.2, 0.25) is 0 Å². The van der Waals surface area contributed by atoms with Crippen LogP contribution in [0, 0.1) is 0 Å². The molecule has 0 unspecified atom stereocenters. The highest BCUT2D eigenvalue weighted by molar-refractivity contribution is 6.14. The number of benzene rings is 7. The van der Waals surface area contributed by atoms with Gasteiger partial charge in [-0.3, -0.25) is 4.98 Å². The Labute approximate surface area is 293 Å². The minimum atomic E-state index is 0.970. The van der Waals surface area contributed by atoms with Crippen LogP contribution < -0.4 is 0 Å². The van der Waals surface area contributed by atoms with E-state index in [4.69, 9.17) is 0 Å². The first-order valence-electron chi connectivity index (χ1n) is 17.4. The molecule has 0 aliphatic heterocycles. The molecule has 238 valence electrons. The van der Waals surface area contributed by atoms with Gasteiger partial charge in [0.05, 0.1) is 38.8 Å². The Kier molecular flexibility index (Phi) is 5.92. The fraction of sp³-hybridized carbons (Fsp3) is 0. The van der Waals surface area contributed by atoms with Gasteiger partial charge < -0.3 is 13.7 Å². The highest BCUT2D eigenvalue weighted by atomic mass is 15.0. The summed E-state index contributed by atoms with van der Waals surface area (Å²) in [6.07, 6.45) is 1.85. The third kappa shape index (κ3) is 4.11. The van der Waals surface area contributed by atoms with Crippen LogP contribution in [-0.4, -0.2) is 18.7 Å². The zero-order valence-electron chi connectivity index (χ0n) is 27.6. The second-order valence-corrected chi connectivity index (χ2v) is 13.2. The van der Waals surface area contributed by atoms with E-state index in [-0.39, 0.29) is 0 Å². The van der Waals surface area contributed by atoms with Crippen LogP contribution in [0.4, 0.5) is 0 Å². The Balaban J connectivity index is 1.20. The molecule has 4 heterocycles. The first-order chi connectivity index (χ1) is 25.3. The highest BCUT2D eigenvalue weighted by Gasteiger charge is 2.19. The van der Waals surface area contributed by atoms with E-state index in [0.29, 0.717) is 0 Å². The van der Waals surface area contributed by atoms with Crippen molar-refractivity contribution in [3.8, 4) is 28.3 Å². The zero-order valence-corrected chi connectivity index (χ0v) is 27.6. The Morgan fingerprint density at radius 2 is 0.667 bits per heavy atom. The van der Waals surface area contributed by atoms with Crippen LogP contribution >= 0.6 is 0 Å². The van der Waals surface area contributed by atoms with Gasteiger partial charge in [-0.1, -0.05) is 91.0 Å². The molecule has 4 heteroatoms. The fourth-order valence-corrected chi connectivity index (χ4v) is 8.27. The van der Waals surface area contributed by atoms with Crippen molar-refractivity contribution in [3.05, 3.63) is 182 Å². The molecule has 0 aliphatic rings. The number of rotatable bonds is 4. The smallest absolute Gasteiger partial charge is 0.0701 e. The van der Waals surface area contributed by atoms with Crippen LogP contribution in [0.2, 0.25) is 0 Å². The highest BCUT2D eigenvalue weighted by Crippen LogP contribution is 2.39. The van der Waals surface area contributed by atoms with Crippen molar-refractivity contribution in [2.24, 2.45) is 0 Å². The van der Waals surface area contributed by atoms with E-state index in [1.54, 1.807) is 0 Å². The summed E-state index contributed by atoms with van der Waals surface area (Å²) in [6, 6.07) is 63.6. The molecule has 0 saturated carbocycles. The molecule has 7 aromatic carbocycles. The largest absolute Gasteiger partial charge is 0.309 e. The maximum absolute atomic E-state index is 4.58. The molecule has 0 fully saturated rings. The van der Waals surface area contributed by atoms with Crippen molar-refractivity contribution in [3.63, 3.8) is 0 Å². The van der Waals surface area contributed by atoms with E-state index in [1.165, 1.54) is 65.4 Å². The molecular weight excluding hydrogens is 621 g/mol. The summed E-state index contributed by atoms with van der Waals surface area (Å²) in [5.74, 6) is 0. The Hall–Kier alpha value is -6.91. The molecule has 0 N–H and O–H groups in total. The molecule has 11 aromatic rings. The van der Waals surface area contributed by atoms with Crippen molar-refractivity contribution in [2.45, 2.75) is 0 Å². The molecule has 0 amide bonds. The molecule has 11 rings (SSSR count). The molecule has 4 aromatic heterocycles. The molecule has 0 radical (unpaired) electrons. The minimum Gasteiger partial charge on any atom is -0.309 e. The van der Waals surface area contributed by atoms with E-state index >= 15 is 0 Å². The average Bonchev–Trinajstić information content (AvgIpc) is 3.83. The normalized spacial score (nSPS) is 11.9. The van der Waals surface area contributed by atoms with Gasteiger partial charge in [-0.2, -0.15) is 0 Å². The van der Waals surface area contributed by atoms with Crippen LogP contribution in [0.3, 0.4) is 0 Å². The molecule has 0 saturated heterocycles. The van der Waals surface area contributed by atoms with Crippen LogP contribution in [0.5, 0.6) is 0 Å². The van der Waals surface area contributed by atoms with E-state index < -0.39 is 0 Å². The van der Waals surface area contributed by atoms with Gasteiger partial charge in [0.15, 0.2) is 0 Å². The first-order valence-corrected chi connectivity index (χ1v) is 17.4. The van der Waals surface area contributed by atoms with Crippen molar-refractivity contribution in [1.29, 1.82) is 0 Å². The summed E-state index contributed by atoms with van der Waals surface area (Å²) in [7, 11) is 0. The fourth-order valence-electron chi connectivity index (χ4n) is 8.27. The van der Waals surface area contributed by atoms with E-state index in [1.807, 2.05) is 18.3 Å². The summed E-state index contributed by atoms with van der Waals surface area (Å²) in [5.41, 5.74) is 12.6. The van der Waals surface area contributed by atoms with Crippen LogP contribution in [0.15, 0.2) is 182 Å². The second-order valence-electron chi connectivity index (χ2n) is 13.2. The van der Waals surface area contributed by atoms with Gasteiger partial charge in [0, 0.05) is 61.1 Å². The van der Waals surface area contributed by atoms with Gasteiger partial charge in [0.1, 0.15) is 0 Å². The monoisotopic (exact) mass is 650 g/mol. The quantitative estimate of drug-likeness (QED) is 0.186. The third-order valence-corrected chi connectivity index (χ3v) is 10.5. The minimum absolute atomic E-state index is 0.970. The number of para-hydroxylation sites is 4. The number of hydrogen-bond donors (Lipinski definition) is 0. The number of aromatic nitrogens is 4. The van der Waals surface area contributed by atoms with Gasteiger partial charge in [0.25, 0.3) is 0 Å². The van der Waals surface area contributed by atoms with E-state index in [2.05, 4.69) is 182 Å². The van der Waals surface area contributed by atoms with Gasteiger partial charge in [-0.05, 0) is 84.9 Å². The molecule has 4 nitrogen and oxygen atoms in total. The molecule has 51 heavy (non-hydrogen) atoms. The summed E-state index contributed by atoms with van der Waals surface area (Å²) >= 11 is 0. The molecule has 0 atom stereocenters. The molecular formula is C47H30N4. The standard InChI is InChI=1S/C47H30N4/c1-5-16-42-35(11-1)36-12-2-6-17-43(36)50(42)33-24-26-46-39(29-33)40-30-34(51-44-18-7-3-13-37(44)38-14-4-8-19-45(38)51)25-27-47(40)49(46)32-22-20-31(21-23-32)41-15-9-10-28-48-41/h1-30H.